The van der Waals surface area contributed by atoms with Crippen molar-refractivity contribution in [1.29, 1.82) is 0 Å². The van der Waals surface area contributed by atoms with Crippen LogP contribution in [0.2, 0.25) is 0 Å². The molecule has 0 unspecified atom stereocenters. The van der Waals surface area contributed by atoms with Crippen LogP contribution in [0.15, 0.2) is 68.7 Å². The number of thiophene rings is 1. The number of ether oxygens (including phenoxy) is 1. The summed E-state index contributed by atoms with van der Waals surface area (Å²) < 4.78 is 6.70. The van der Waals surface area contributed by atoms with Gasteiger partial charge in [-0.15, -0.1) is 36.2 Å². The van der Waals surface area contributed by atoms with Gasteiger partial charge in [0, 0.05) is 41.0 Å². The normalized spacial score (nSPS) is 17.1. The zero-order chi connectivity index (χ0) is 23.5. The minimum atomic E-state index is 0. The standard InChI is InChI=1S/C28H33N3OS2.2ClH/c1-4-7-23-18-24-27(29-25-8-5-6-9-26(25)34-28(24)33-23)31-17-16-30(2)21(19-31)13-10-20-11-14-22(32-3)15-12-20;;/h5-6,8-9,11-12,14-15,18,21H,4,7,10,13,16-17,19H2,1-3H3;2*1H/t21-;;/m0../s1. The number of rotatable bonds is 6. The Balaban J connectivity index is 0.00000180. The number of amidine groups is 1. The molecular weight excluding hydrogens is 529 g/mol. The first-order valence-electron chi connectivity index (χ1n) is 12.2. The van der Waals surface area contributed by atoms with E-state index < -0.39 is 0 Å². The summed E-state index contributed by atoms with van der Waals surface area (Å²) in [6.07, 6.45) is 4.52. The fourth-order valence-electron chi connectivity index (χ4n) is 4.75. The number of halogens is 2. The van der Waals surface area contributed by atoms with E-state index in [9.17, 15) is 0 Å². The van der Waals surface area contributed by atoms with Crippen LogP contribution in [0.25, 0.3) is 0 Å². The smallest absolute Gasteiger partial charge is 0.138 e. The number of hydrogen-bond acceptors (Lipinski definition) is 6. The number of piperazine rings is 1. The second-order valence-corrected chi connectivity index (χ2v) is 11.6. The quantitative estimate of drug-likeness (QED) is 0.313. The highest BCUT2D eigenvalue weighted by molar-refractivity contribution is 8.01. The number of likely N-dealkylation sites (N-methyl/N-ethyl adjacent to an activating group) is 1. The summed E-state index contributed by atoms with van der Waals surface area (Å²) in [7, 11) is 3.99. The topological polar surface area (TPSA) is 28.1 Å². The van der Waals surface area contributed by atoms with Gasteiger partial charge in [-0.3, -0.25) is 4.90 Å². The third-order valence-electron chi connectivity index (χ3n) is 6.78. The zero-order valence-electron chi connectivity index (χ0n) is 21.1. The SMILES string of the molecule is CCCc1cc2c(s1)Sc1ccccc1N=C2N1CCN(C)[C@@H](CCc2ccc(OC)cc2)C1.Cl.Cl. The Bertz CT molecular complexity index is 1170. The molecular formula is C28H35Cl2N3OS2. The fourth-order valence-corrected chi connectivity index (χ4v) is 7.31. The summed E-state index contributed by atoms with van der Waals surface area (Å²) in [5.74, 6) is 2.08. The molecule has 0 aliphatic carbocycles. The predicted octanol–water partition coefficient (Wildman–Crippen LogP) is 7.34. The van der Waals surface area contributed by atoms with Crippen molar-refractivity contribution in [2.24, 2.45) is 4.99 Å². The molecule has 2 aromatic carbocycles. The van der Waals surface area contributed by atoms with E-state index in [4.69, 9.17) is 9.73 Å². The molecule has 4 nitrogen and oxygen atoms in total. The Labute approximate surface area is 236 Å². The van der Waals surface area contributed by atoms with Crippen molar-refractivity contribution >= 4 is 59.4 Å². The minimum absolute atomic E-state index is 0. The second kappa shape index (κ2) is 13.2. The molecule has 3 aromatic rings. The fraction of sp³-hybridized carbons (Fsp3) is 0.393. The number of aliphatic imine (C=N–C) groups is 1. The Hall–Kier alpha value is -1.70. The van der Waals surface area contributed by atoms with E-state index in [1.165, 1.54) is 31.5 Å². The van der Waals surface area contributed by atoms with Crippen molar-refractivity contribution in [3.05, 3.63) is 70.6 Å². The first-order valence-corrected chi connectivity index (χ1v) is 13.8. The predicted molar refractivity (Wildman–Crippen MR) is 159 cm³/mol. The van der Waals surface area contributed by atoms with E-state index in [-0.39, 0.29) is 24.8 Å². The van der Waals surface area contributed by atoms with E-state index >= 15 is 0 Å². The molecule has 0 bridgehead atoms. The number of aryl methyl sites for hydroxylation is 2. The molecule has 36 heavy (non-hydrogen) atoms. The minimum Gasteiger partial charge on any atom is -0.497 e. The molecule has 0 spiro atoms. The number of fused-ring (bicyclic) bond motifs is 2. The van der Waals surface area contributed by atoms with Crippen LogP contribution in [-0.2, 0) is 12.8 Å². The molecule has 194 valence electrons. The van der Waals surface area contributed by atoms with Crippen LogP contribution in [0.1, 0.15) is 35.8 Å². The van der Waals surface area contributed by atoms with Gasteiger partial charge in [-0.1, -0.05) is 49.4 Å². The van der Waals surface area contributed by atoms with E-state index in [0.29, 0.717) is 6.04 Å². The van der Waals surface area contributed by atoms with Gasteiger partial charge in [0.2, 0.25) is 0 Å². The van der Waals surface area contributed by atoms with E-state index in [0.717, 1.165) is 56.2 Å². The summed E-state index contributed by atoms with van der Waals surface area (Å²) in [6, 6.07) is 20.0. The summed E-state index contributed by atoms with van der Waals surface area (Å²) in [5.41, 5.74) is 3.79. The number of nitrogens with zero attached hydrogens (tertiary/aromatic N) is 3. The summed E-state index contributed by atoms with van der Waals surface area (Å²) in [6.45, 7) is 5.34. The van der Waals surface area contributed by atoms with Gasteiger partial charge in [-0.05, 0) is 62.2 Å². The molecule has 2 aliphatic heterocycles. The molecule has 0 N–H and O–H groups in total. The Morgan fingerprint density at radius 2 is 1.81 bits per heavy atom. The number of hydrogen-bond donors (Lipinski definition) is 0. The summed E-state index contributed by atoms with van der Waals surface area (Å²) in [5, 5.41) is 0. The van der Waals surface area contributed by atoms with Crippen molar-refractivity contribution in [3.8, 4) is 5.75 Å². The molecule has 1 aromatic heterocycles. The average molecular weight is 565 g/mol. The maximum Gasteiger partial charge on any atom is 0.138 e. The van der Waals surface area contributed by atoms with E-state index in [1.54, 1.807) is 7.11 Å². The lowest BCUT2D eigenvalue weighted by Gasteiger charge is -2.41. The highest BCUT2D eigenvalue weighted by atomic mass is 35.5. The van der Waals surface area contributed by atoms with Crippen molar-refractivity contribution in [2.75, 3.05) is 33.8 Å². The molecule has 0 amide bonds. The van der Waals surface area contributed by atoms with Gasteiger partial charge < -0.3 is 9.64 Å². The molecule has 5 rings (SSSR count). The van der Waals surface area contributed by atoms with Gasteiger partial charge in [-0.25, -0.2) is 4.99 Å². The van der Waals surface area contributed by atoms with Gasteiger partial charge in [-0.2, -0.15) is 0 Å². The van der Waals surface area contributed by atoms with Gasteiger partial charge in [0.15, 0.2) is 0 Å². The highest BCUT2D eigenvalue weighted by Crippen LogP contribution is 2.45. The lowest BCUT2D eigenvalue weighted by Crippen LogP contribution is -2.53. The Morgan fingerprint density at radius 1 is 1.03 bits per heavy atom. The maximum atomic E-state index is 5.31. The van der Waals surface area contributed by atoms with Crippen molar-refractivity contribution < 1.29 is 4.74 Å². The van der Waals surface area contributed by atoms with E-state index in [2.05, 4.69) is 78.4 Å². The van der Waals surface area contributed by atoms with Gasteiger partial charge in [0.25, 0.3) is 0 Å². The monoisotopic (exact) mass is 563 g/mol. The molecule has 3 heterocycles. The number of para-hydroxylation sites is 1. The molecule has 0 radical (unpaired) electrons. The van der Waals surface area contributed by atoms with Crippen LogP contribution < -0.4 is 4.74 Å². The third kappa shape index (κ3) is 6.40. The first kappa shape index (κ1) is 28.9. The largest absolute Gasteiger partial charge is 0.497 e. The second-order valence-electron chi connectivity index (χ2n) is 9.14. The van der Waals surface area contributed by atoms with Crippen LogP contribution in [0, 0.1) is 0 Å². The van der Waals surface area contributed by atoms with Crippen molar-refractivity contribution in [1.82, 2.24) is 9.80 Å². The van der Waals surface area contributed by atoms with Gasteiger partial charge >= 0.3 is 0 Å². The zero-order valence-corrected chi connectivity index (χ0v) is 24.4. The molecule has 8 heteroatoms. The molecule has 1 saturated heterocycles. The summed E-state index contributed by atoms with van der Waals surface area (Å²) in [4.78, 5) is 13.1. The number of methoxy groups -OCH3 is 1. The van der Waals surface area contributed by atoms with Gasteiger partial charge in [0.05, 0.1) is 17.0 Å². The summed E-state index contributed by atoms with van der Waals surface area (Å²) >= 11 is 3.84. The van der Waals surface area contributed by atoms with Gasteiger partial charge in [0.1, 0.15) is 11.6 Å². The van der Waals surface area contributed by atoms with Crippen LogP contribution >= 0.6 is 47.9 Å². The highest BCUT2D eigenvalue weighted by Gasteiger charge is 2.30. The van der Waals surface area contributed by atoms with Crippen molar-refractivity contribution in [2.45, 2.75) is 47.8 Å². The average Bonchev–Trinajstić information content (AvgIpc) is 3.18. The van der Waals surface area contributed by atoms with Crippen molar-refractivity contribution in [3.63, 3.8) is 0 Å². The van der Waals surface area contributed by atoms with Crippen LogP contribution in [0.3, 0.4) is 0 Å². The molecule has 1 fully saturated rings. The lowest BCUT2D eigenvalue weighted by molar-refractivity contribution is 0.134. The van der Waals surface area contributed by atoms with Crippen LogP contribution in [0.4, 0.5) is 5.69 Å². The first-order chi connectivity index (χ1) is 16.6. The third-order valence-corrected chi connectivity index (χ3v) is 9.24. The molecule has 0 saturated carbocycles. The number of benzene rings is 2. The van der Waals surface area contributed by atoms with Crippen LogP contribution in [-0.4, -0.2) is 55.5 Å². The molecule has 1 atom stereocenters. The van der Waals surface area contributed by atoms with Crippen LogP contribution in [0.5, 0.6) is 5.75 Å². The Kier molecular flexibility index (Phi) is 10.6. The maximum absolute atomic E-state index is 5.31. The van der Waals surface area contributed by atoms with E-state index in [1.807, 2.05) is 23.1 Å². The Morgan fingerprint density at radius 3 is 2.56 bits per heavy atom. The molecule has 2 aliphatic rings. The lowest BCUT2D eigenvalue weighted by atomic mass is 10.0.